The molecule has 1 unspecified atom stereocenters. The summed E-state index contributed by atoms with van der Waals surface area (Å²) in [6.07, 6.45) is 1.57. The van der Waals surface area contributed by atoms with Gasteiger partial charge in [-0.05, 0) is 30.2 Å². The van der Waals surface area contributed by atoms with Crippen LogP contribution >= 0.6 is 0 Å². The van der Waals surface area contributed by atoms with Crippen LogP contribution in [0.4, 0.5) is 4.39 Å². The molecule has 20 heavy (non-hydrogen) atoms. The number of hydrogen-bond donors (Lipinski definition) is 2. The Labute approximate surface area is 118 Å². The highest BCUT2D eigenvalue weighted by Crippen LogP contribution is 2.06. The normalized spacial score (nSPS) is 11.8. The zero-order valence-electron chi connectivity index (χ0n) is 11.7. The van der Waals surface area contributed by atoms with Gasteiger partial charge in [-0.3, -0.25) is 9.59 Å². The highest BCUT2D eigenvalue weighted by molar-refractivity contribution is 5.97. The second-order valence-electron chi connectivity index (χ2n) is 4.74. The fourth-order valence-electron chi connectivity index (χ4n) is 1.64. The topological polar surface area (TPSA) is 58.2 Å². The molecule has 0 spiro atoms. The third-order valence-corrected chi connectivity index (χ3v) is 2.76. The molecule has 2 N–H and O–H groups in total. The van der Waals surface area contributed by atoms with Crippen LogP contribution < -0.4 is 10.6 Å². The Kier molecular flexibility index (Phi) is 5.90. The van der Waals surface area contributed by atoms with Gasteiger partial charge in [-0.15, -0.1) is 6.58 Å². The standard InChI is InChI=1S/C15H19FN2O2/c1-4-9-17-15(20)13(10(2)3)18-14(19)11-5-7-12(16)8-6-11/h4-8,10,13H,1,9H2,2-3H3,(H,17,20)(H,18,19). The molecule has 0 aliphatic rings. The average molecular weight is 278 g/mol. The fraction of sp³-hybridized carbons (Fsp3) is 0.333. The molecule has 1 aromatic carbocycles. The van der Waals surface area contributed by atoms with Crippen LogP contribution in [0.2, 0.25) is 0 Å². The lowest BCUT2D eigenvalue weighted by atomic mass is 10.0. The van der Waals surface area contributed by atoms with Crippen molar-refractivity contribution < 1.29 is 14.0 Å². The molecule has 0 heterocycles. The molecule has 0 aliphatic carbocycles. The van der Waals surface area contributed by atoms with Crippen molar-refractivity contribution in [3.8, 4) is 0 Å². The maximum Gasteiger partial charge on any atom is 0.251 e. The summed E-state index contributed by atoms with van der Waals surface area (Å²) in [5, 5.41) is 5.30. The minimum absolute atomic E-state index is 0.0655. The van der Waals surface area contributed by atoms with Crippen molar-refractivity contribution in [2.75, 3.05) is 6.54 Å². The van der Waals surface area contributed by atoms with E-state index in [0.717, 1.165) is 0 Å². The largest absolute Gasteiger partial charge is 0.351 e. The van der Waals surface area contributed by atoms with Crippen LogP contribution in [0.25, 0.3) is 0 Å². The van der Waals surface area contributed by atoms with Crippen LogP contribution in [-0.4, -0.2) is 24.4 Å². The Morgan fingerprint density at radius 2 is 1.90 bits per heavy atom. The maximum absolute atomic E-state index is 12.8. The van der Waals surface area contributed by atoms with Crippen LogP contribution in [0.3, 0.4) is 0 Å². The van der Waals surface area contributed by atoms with E-state index in [4.69, 9.17) is 0 Å². The summed E-state index contributed by atoms with van der Waals surface area (Å²) in [6.45, 7) is 7.53. The fourth-order valence-corrected chi connectivity index (χ4v) is 1.64. The number of carbonyl (C=O) groups excluding carboxylic acids is 2. The molecule has 108 valence electrons. The molecule has 4 nitrogen and oxygen atoms in total. The quantitative estimate of drug-likeness (QED) is 0.781. The first-order valence-corrected chi connectivity index (χ1v) is 6.40. The molecule has 1 atom stereocenters. The van der Waals surface area contributed by atoms with Crippen molar-refractivity contribution in [3.05, 3.63) is 48.3 Å². The summed E-state index contributed by atoms with van der Waals surface area (Å²) in [4.78, 5) is 23.9. The second-order valence-corrected chi connectivity index (χ2v) is 4.74. The lowest BCUT2D eigenvalue weighted by Gasteiger charge is -2.21. The average Bonchev–Trinajstić information content (AvgIpc) is 2.42. The number of hydrogen-bond acceptors (Lipinski definition) is 2. The van der Waals surface area contributed by atoms with E-state index in [2.05, 4.69) is 17.2 Å². The minimum Gasteiger partial charge on any atom is -0.351 e. The predicted octanol–water partition coefficient (Wildman–Crippen LogP) is 1.88. The van der Waals surface area contributed by atoms with E-state index in [1.165, 1.54) is 24.3 Å². The molecule has 5 heteroatoms. The summed E-state index contributed by atoms with van der Waals surface area (Å²) in [5.74, 6) is -1.15. The molecule has 0 bridgehead atoms. The maximum atomic E-state index is 12.8. The van der Waals surface area contributed by atoms with Crippen LogP contribution in [0.1, 0.15) is 24.2 Å². The first kappa shape index (κ1) is 15.9. The van der Waals surface area contributed by atoms with E-state index in [0.29, 0.717) is 12.1 Å². The van der Waals surface area contributed by atoms with Crippen molar-refractivity contribution in [2.24, 2.45) is 5.92 Å². The summed E-state index contributed by atoms with van der Waals surface area (Å²) in [7, 11) is 0. The first-order valence-electron chi connectivity index (χ1n) is 6.40. The van der Waals surface area contributed by atoms with Crippen LogP contribution in [0, 0.1) is 11.7 Å². The highest BCUT2D eigenvalue weighted by atomic mass is 19.1. The van der Waals surface area contributed by atoms with E-state index in [1.54, 1.807) is 6.08 Å². The SMILES string of the molecule is C=CCNC(=O)C(NC(=O)c1ccc(F)cc1)C(C)C. The van der Waals surface area contributed by atoms with Gasteiger partial charge in [0.1, 0.15) is 11.9 Å². The molecular weight excluding hydrogens is 259 g/mol. The Morgan fingerprint density at radius 1 is 1.30 bits per heavy atom. The number of carbonyl (C=O) groups is 2. The molecule has 0 radical (unpaired) electrons. The number of nitrogens with one attached hydrogen (secondary N) is 2. The van der Waals surface area contributed by atoms with E-state index >= 15 is 0 Å². The van der Waals surface area contributed by atoms with Gasteiger partial charge >= 0.3 is 0 Å². The predicted molar refractivity (Wildman–Crippen MR) is 75.7 cm³/mol. The van der Waals surface area contributed by atoms with Crippen molar-refractivity contribution in [3.63, 3.8) is 0 Å². The van der Waals surface area contributed by atoms with Gasteiger partial charge in [0.15, 0.2) is 0 Å². The number of benzene rings is 1. The Balaban J connectivity index is 2.74. The third kappa shape index (κ3) is 4.50. The Hall–Kier alpha value is -2.17. The number of halogens is 1. The number of amides is 2. The van der Waals surface area contributed by atoms with E-state index in [9.17, 15) is 14.0 Å². The van der Waals surface area contributed by atoms with Gasteiger partial charge in [-0.1, -0.05) is 19.9 Å². The van der Waals surface area contributed by atoms with Crippen LogP contribution in [0.15, 0.2) is 36.9 Å². The zero-order chi connectivity index (χ0) is 15.1. The summed E-state index contributed by atoms with van der Waals surface area (Å²) in [5.41, 5.74) is 0.313. The first-order chi connectivity index (χ1) is 9.45. The van der Waals surface area contributed by atoms with Gasteiger partial charge in [0.25, 0.3) is 5.91 Å². The second kappa shape index (κ2) is 7.43. The van der Waals surface area contributed by atoms with Gasteiger partial charge in [0.2, 0.25) is 5.91 Å². The zero-order valence-corrected chi connectivity index (χ0v) is 11.7. The van der Waals surface area contributed by atoms with E-state index in [-0.39, 0.29) is 11.8 Å². The highest BCUT2D eigenvalue weighted by Gasteiger charge is 2.24. The Bertz CT molecular complexity index is 483. The monoisotopic (exact) mass is 278 g/mol. The smallest absolute Gasteiger partial charge is 0.251 e. The molecule has 0 aliphatic heterocycles. The summed E-state index contributed by atoms with van der Waals surface area (Å²) < 4.78 is 12.8. The van der Waals surface area contributed by atoms with Crippen LogP contribution in [0.5, 0.6) is 0 Å². The Morgan fingerprint density at radius 3 is 2.40 bits per heavy atom. The van der Waals surface area contributed by atoms with Gasteiger partial charge in [-0.2, -0.15) is 0 Å². The molecule has 1 aromatic rings. The lowest BCUT2D eigenvalue weighted by molar-refractivity contribution is -0.123. The number of rotatable bonds is 6. The molecule has 0 saturated carbocycles. The lowest BCUT2D eigenvalue weighted by Crippen LogP contribution is -2.49. The molecule has 2 amide bonds. The van der Waals surface area contributed by atoms with Gasteiger partial charge in [0.05, 0.1) is 0 Å². The molecule has 1 rings (SSSR count). The third-order valence-electron chi connectivity index (χ3n) is 2.76. The minimum atomic E-state index is -0.646. The summed E-state index contributed by atoms with van der Waals surface area (Å²) in [6, 6.07) is 4.52. The molecule has 0 fully saturated rings. The van der Waals surface area contributed by atoms with Crippen molar-refractivity contribution >= 4 is 11.8 Å². The van der Waals surface area contributed by atoms with Gasteiger partial charge in [-0.25, -0.2) is 4.39 Å². The van der Waals surface area contributed by atoms with E-state index < -0.39 is 17.8 Å². The van der Waals surface area contributed by atoms with Crippen LogP contribution in [-0.2, 0) is 4.79 Å². The van der Waals surface area contributed by atoms with Crippen molar-refractivity contribution in [2.45, 2.75) is 19.9 Å². The summed E-state index contributed by atoms with van der Waals surface area (Å²) >= 11 is 0. The van der Waals surface area contributed by atoms with E-state index in [1.807, 2.05) is 13.8 Å². The van der Waals surface area contributed by atoms with Gasteiger partial charge < -0.3 is 10.6 Å². The van der Waals surface area contributed by atoms with Crippen molar-refractivity contribution in [1.29, 1.82) is 0 Å². The molecule has 0 saturated heterocycles. The van der Waals surface area contributed by atoms with Crippen molar-refractivity contribution in [1.82, 2.24) is 10.6 Å². The molecular formula is C15H19FN2O2. The molecule has 0 aromatic heterocycles. The van der Waals surface area contributed by atoms with Gasteiger partial charge in [0, 0.05) is 12.1 Å².